The smallest absolute Gasteiger partial charge is 0.234 e. The Kier molecular flexibility index (Phi) is 6.47. The number of ether oxygens (including phenoxy) is 1. The van der Waals surface area contributed by atoms with Crippen molar-refractivity contribution in [2.75, 3.05) is 39.4 Å². The first-order valence-corrected chi connectivity index (χ1v) is 6.38. The number of hydrogen-bond donors (Lipinski definition) is 2. The number of carbonyl (C=O) groups excluding carboxylic acids is 1. The van der Waals surface area contributed by atoms with Crippen molar-refractivity contribution in [3.63, 3.8) is 0 Å². The molecule has 5 heteroatoms. The van der Waals surface area contributed by atoms with E-state index in [9.17, 15) is 9.90 Å². The average molecular weight is 244 g/mol. The van der Waals surface area contributed by atoms with Gasteiger partial charge in [-0.05, 0) is 5.92 Å². The summed E-state index contributed by atoms with van der Waals surface area (Å²) in [7, 11) is 0. The molecule has 0 aliphatic carbocycles. The zero-order valence-corrected chi connectivity index (χ0v) is 10.8. The van der Waals surface area contributed by atoms with E-state index in [1.165, 1.54) is 0 Å². The third kappa shape index (κ3) is 5.48. The molecule has 1 saturated heterocycles. The van der Waals surface area contributed by atoms with Gasteiger partial charge in [0.05, 0.1) is 25.9 Å². The fraction of sp³-hybridized carbons (Fsp3) is 0.917. The van der Waals surface area contributed by atoms with Gasteiger partial charge in [-0.3, -0.25) is 9.69 Å². The number of aliphatic hydroxyl groups is 1. The van der Waals surface area contributed by atoms with Crippen LogP contribution in [0, 0.1) is 5.92 Å². The third-order valence-electron chi connectivity index (χ3n) is 3.28. The summed E-state index contributed by atoms with van der Waals surface area (Å²) in [5, 5.41) is 12.5. The third-order valence-corrected chi connectivity index (χ3v) is 3.28. The maximum absolute atomic E-state index is 11.6. The number of amides is 1. The Hall–Kier alpha value is -0.650. The summed E-state index contributed by atoms with van der Waals surface area (Å²) < 4.78 is 5.21. The van der Waals surface area contributed by atoms with Gasteiger partial charge in [0.25, 0.3) is 0 Å². The summed E-state index contributed by atoms with van der Waals surface area (Å²) in [6, 6.07) is 0. The van der Waals surface area contributed by atoms with E-state index in [1.54, 1.807) is 0 Å². The van der Waals surface area contributed by atoms with Crippen molar-refractivity contribution >= 4 is 5.91 Å². The van der Waals surface area contributed by atoms with Crippen molar-refractivity contribution in [3.8, 4) is 0 Å². The van der Waals surface area contributed by atoms with E-state index >= 15 is 0 Å². The van der Waals surface area contributed by atoms with E-state index in [-0.39, 0.29) is 11.8 Å². The molecule has 0 aromatic carbocycles. The molecule has 1 aliphatic rings. The van der Waals surface area contributed by atoms with Crippen LogP contribution in [0.3, 0.4) is 0 Å². The van der Waals surface area contributed by atoms with Crippen LogP contribution in [0.4, 0.5) is 0 Å². The van der Waals surface area contributed by atoms with Crippen molar-refractivity contribution in [1.29, 1.82) is 0 Å². The highest BCUT2D eigenvalue weighted by Crippen LogP contribution is 2.05. The molecule has 0 bridgehead atoms. The first kappa shape index (κ1) is 14.4. The molecule has 100 valence electrons. The van der Waals surface area contributed by atoms with Gasteiger partial charge >= 0.3 is 0 Å². The molecule has 1 fully saturated rings. The topological polar surface area (TPSA) is 61.8 Å². The fourth-order valence-corrected chi connectivity index (χ4v) is 1.71. The molecule has 0 radical (unpaired) electrons. The van der Waals surface area contributed by atoms with Crippen molar-refractivity contribution in [1.82, 2.24) is 10.2 Å². The first-order chi connectivity index (χ1) is 8.13. The maximum Gasteiger partial charge on any atom is 0.234 e. The quantitative estimate of drug-likeness (QED) is 0.682. The second-order valence-corrected chi connectivity index (χ2v) is 4.65. The first-order valence-electron chi connectivity index (χ1n) is 6.38. The molecule has 0 aromatic heterocycles. The van der Waals surface area contributed by atoms with Crippen LogP contribution in [0.15, 0.2) is 0 Å². The Labute approximate surface area is 103 Å². The molecular formula is C12H24N2O3. The SMILES string of the molecule is CCC(C)C(O)CNC(=O)CN1CCOCC1. The Morgan fingerprint density at radius 1 is 1.47 bits per heavy atom. The maximum atomic E-state index is 11.6. The van der Waals surface area contributed by atoms with Gasteiger partial charge in [0.15, 0.2) is 0 Å². The molecule has 1 aliphatic heterocycles. The molecular weight excluding hydrogens is 220 g/mol. The predicted molar refractivity (Wildman–Crippen MR) is 65.7 cm³/mol. The van der Waals surface area contributed by atoms with Crippen LogP contribution >= 0.6 is 0 Å². The lowest BCUT2D eigenvalue weighted by Crippen LogP contribution is -2.45. The molecule has 1 rings (SSSR count). The molecule has 1 amide bonds. The molecule has 0 saturated carbocycles. The highest BCUT2D eigenvalue weighted by atomic mass is 16.5. The zero-order chi connectivity index (χ0) is 12.7. The summed E-state index contributed by atoms with van der Waals surface area (Å²) in [4.78, 5) is 13.7. The summed E-state index contributed by atoms with van der Waals surface area (Å²) in [5.74, 6) is 0.202. The predicted octanol–water partition coefficient (Wildman–Crippen LogP) is -0.158. The minimum Gasteiger partial charge on any atom is -0.391 e. The van der Waals surface area contributed by atoms with Crippen molar-refractivity contribution in [2.45, 2.75) is 26.4 Å². The number of carbonyl (C=O) groups is 1. The second-order valence-electron chi connectivity index (χ2n) is 4.65. The van der Waals surface area contributed by atoms with Crippen LogP contribution in [0.2, 0.25) is 0 Å². The second kappa shape index (κ2) is 7.63. The van der Waals surface area contributed by atoms with Crippen LogP contribution in [0.25, 0.3) is 0 Å². The van der Waals surface area contributed by atoms with E-state index < -0.39 is 6.10 Å². The molecule has 5 nitrogen and oxygen atoms in total. The minimum absolute atomic E-state index is 0.0192. The Morgan fingerprint density at radius 3 is 2.71 bits per heavy atom. The average Bonchev–Trinajstić information content (AvgIpc) is 2.36. The lowest BCUT2D eigenvalue weighted by molar-refractivity contribution is -0.123. The molecule has 2 atom stereocenters. The Balaban J connectivity index is 2.16. The number of rotatable bonds is 6. The van der Waals surface area contributed by atoms with Gasteiger partial charge in [0.2, 0.25) is 5.91 Å². The van der Waals surface area contributed by atoms with Gasteiger partial charge in [-0.15, -0.1) is 0 Å². The fourth-order valence-electron chi connectivity index (χ4n) is 1.71. The number of nitrogens with one attached hydrogen (secondary N) is 1. The summed E-state index contributed by atoms with van der Waals surface area (Å²) >= 11 is 0. The summed E-state index contributed by atoms with van der Waals surface area (Å²) in [5.41, 5.74) is 0. The zero-order valence-electron chi connectivity index (χ0n) is 10.8. The monoisotopic (exact) mass is 244 g/mol. The van der Waals surface area contributed by atoms with Crippen LogP contribution in [-0.4, -0.2) is 61.4 Å². The van der Waals surface area contributed by atoms with Gasteiger partial charge in [0, 0.05) is 19.6 Å². The van der Waals surface area contributed by atoms with Gasteiger partial charge < -0.3 is 15.2 Å². The van der Waals surface area contributed by atoms with Crippen LogP contribution < -0.4 is 5.32 Å². The van der Waals surface area contributed by atoms with Gasteiger partial charge in [0.1, 0.15) is 0 Å². The van der Waals surface area contributed by atoms with E-state index in [2.05, 4.69) is 10.2 Å². The van der Waals surface area contributed by atoms with Gasteiger partial charge in [-0.25, -0.2) is 0 Å². The van der Waals surface area contributed by atoms with Crippen molar-refractivity contribution in [2.24, 2.45) is 5.92 Å². The highest BCUT2D eigenvalue weighted by Gasteiger charge is 2.16. The van der Waals surface area contributed by atoms with E-state index in [1.807, 2.05) is 13.8 Å². The lowest BCUT2D eigenvalue weighted by Gasteiger charge is -2.26. The number of nitrogens with zero attached hydrogens (tertiary/aromatic N) is 1. The van der Waals surface area contributed by atoms with Crippen LogP contribution in [0.1, 0.15) is 20.3 Å². The molecule has 17 heavy (non-hydrogen) atoms. The van der Waals surface area contributed by atoms with Crippen molar-refractivity contribution < 1.29 is 14.6 Å². The lowest BCUT2D eigenvalue weighted by atomic mass is 10.0. The highest BCUT2D eigenvalue weighted by molar-refractivity contribution is 5.78. The van der Waals surface area contributed by atoms with E-state index in [0.717, 1.165) is 19.5 Å². The summed E-state index contributed by atoms with van der Waals surface area (Å²) in [6.07, 6.45) is 0.467. The van der Waals surface area contributed by atoms with Gasteiger partial charge in [-0.2, -0.15) is 0 Å². The molecule has 2 N–H and O–H groups in total. The molecule has 1 heterocycles. The number of hydrogen-bond acceptors (Lipinski definition) is 4. The standard InChI is InChI=1S/C12H24N2O3/c1-3-10(2)11(15)8-13-12(16)9-14-4-6-17-7-5-14/h10-11,15H,3-9H2,1-2H3,(H,13,16). The largest absolute Gasteiger partial charge is 0.391 e. The molecule has 0 spiro atoms. The van der Waals surface area contributed by atoms with Gasteiger partial charge in [-0.1, -0.05) is 20.3 Å². The van der Waals surface area contributed by atoms with Crippen LogP contribution in [0.5, 0.6) is 0 Å². The van der Waals surface area contributed by atoms with Crippen LogP contribution in [-0.2, 0) is 9.53 Å². The molecule has 0 aromatic rings. The van der Waals surface area contributed by atoms with E-state index in [4.69, 9.17) is 4.74 Å². The number of aliphatic hydroxyl groups excluding tert-OH is 1. The normalized spacial score (nSPS) is 20.9. The van der Waals surface area contributed by atoms with E-state index in [0.29, 0.717) is 26.3 Å². The molecule has 2 unspecified atom stereocenters. The summed E-state index contributed by atoms with van der Waals surface area (Å²) in [6.45, 7) is 7.77. The number of morpholine rings is 1. The Bertz CT molecular complexity index is 230. The Morgan fingerprint density at radius 2 is 2.12 bits per heavy atom. The minimum atomic E-state index is -0.450. The van der Waals surface area contributed by atoms with Crippen molar-refractivity contribution in [3.05, 3.63) is 0 Å².